The third-order valence-electron chi connectivity index (χ3n) is 3.05. The zero-order valence-corrected chi connectivity index (χ0v) is 13.1. The first kappa shape index (κ1) is 15.5. The summed E-state index contributed by atoms with van der Waals surface area (Å²) in [6, 6.07) is 3.88. The molecule has 102 valence electrons. The summed E-state index contributed by atoms with van der Waals surface area (Å²) in [5.41, 5.74) is 5.92. The topological polar surface area (TPSA) is 46.3 Å². The molecule has 1 unspecified atom stereocenters. The number of hydrogen-bond donors (Lipinski definition) is 1. The molecule has 1 heterocycles. The van der Waals surface area contributed by atoms with Crippen molar-refractivity contribution in [2.75, 3.05) is 19.1 Å². The summed E-state index contributed by atoms with van der Waals surface area (Å²) in [6.45, 7) is 4.12. The highest BCUT2D eigenvalue weighted by atomic mass is 32.2. The van der Waals surface area contributed by atoms with Crippen LogP contribution < -0.4 is 5.73 Å². The third kappa shape index (κ3) is 4.00. The second-order valence-electron chi connectivity index (χ2n) is 4.46. The Kier molecular flexibility index (Phi) is 6.18. The smallest absolute Gasteiger partial charge is 0.239 e. The van der Waals surface area contributed by atoms with Gasteiger partial charge in [0.15, 0.2) is 0 Å². The Morgan fingerprint density at radius 1 is 1.56 bits per heavy atom. The van der Waals surface area contributed by atoms with E-state index < -0.39 is 0 Å². The van der Waals surface area contributed by atoms with E-state index in [2.05, 4.69) is 19.1 Å². The summed E-state index contributed by atoms with van der Waals surface area (Å²) >= 11 is 3.45. The Hall–Kier alpha value is -0.520. The fourth-order valence-corrected chi connectivity index (χ4v) is 3.15. The molecule has 0 aliphatic rings. The molecule has 0 aromatic carbocycles. The molecule has 1 amide bonds. The van der Waals surface area contributed by atoms with E-state index in [4.69, 9.17) is 5.73 Å². The molecule has 18 heavy (non-hydrogen) atoms. The Morgan fingerprint density at radius 2 is 2.22 bits per heavy atom. The quantitative estimate of drug-likeness (QED) is 0.874. The van der Waals surface area contributed by atoms with Crippen LogP contribution in [-0.2, 0) is 4.79 Å². The maximum absolute atomic E-state index is 12.2. The number of amides is 1. The summed E-state index contributed by atoms with van der Waals surface area (Å²) in [7, 11) is 1.83. The number of likely N-dealkylation sites (N-methyl/N-ethyl adjacent to an activating group) is 1. The number of thiophene rings is 1. The number of nitrogens with two attached hydrogens (primary N) is 1. The van der Waals surface area contributed by atoms with Crippen LogP contribution in [0.3, 0.4) is 0 Å². The summed E-state index contributed by atoms with van der Waals surface area (Å²) in [6.07, 6.45) is 2.76. The van der Waals surface area contributed by atoms with Crippen LogP contribution >= 0.6 is 23.1 Å². The summed E-state index contributed by atoms with van der Waals surface area (Å²) < 4.78 is 0. The second-order valence-corrected chi connectivity index (χ2v) is 6.77. The van der Waals surface area contributed by atoms with Crippen LogP contribution in [0.1, 0.15) is 29.1 Å². The first-order valence-electron chi connectivity index (χ1n) is 6.05. The molecular weight excluding hydrogens is 264 g/mol. The molecule has 0 spiro atoms. The van der Waals surface area contributed by atoms with Crippen molar-refractivity contribution in [2.24, 2.45) is 5.73 Å². The highest BCUT2D eigenvalue weighted by molar-refractivity contribution is 7.98. The Balaban J connectivity index is 2.62. The SMILES string of the molecule is CSCC[C@@H](N)C(=O)N(C)C(C)c1ccc(C)s1. The number of hydrogen-bond acceptors (Lipinski definition) is 4. The van der Waals surface area contributed by atoms with Gasteiger partial charge in [-0.15, -0.1) is 11.3 Å². The van der Waals surface area contributed by atoms with Crippen molar-refractivity contribution < 1.29 is 4.79 Å². The molecule has 0 bridgehead atoms. The van der Waals surface area contributed by atoms with Gasteiger partial charge in [0.2, 0.25) is 5.91 Å². The van der Waals surface area contributed by atoms with Crippen LogP contribution in [0.25, 0.3) is 0 Å². The van der Waals surface area contributed by atoms with Crippen molar-refractivity contribution in [1.29, 1.82) is 0 Å². The van der Waals surface area contributed by atoms with Gasteiger partial charge in [-0.1, -0.05) is 0 Å². The standard InChI is InChI=1S/C13H22N2OS2/c1-9-5-6-12(18-9)10(2)15(3)13(16)11(14)7-8-17-4/h5-6,10-11H,7-8,14H2,1-4H3/t10?,11-/m1/s1. The van der Waals surface area contributed by atoms with Crippen LogP contribution in [0.5, 0.6) is 0 Å². The van der Waals surface area contributed by atoms with Crippen LogP contribution in [-0.4, -0.2) is 35.9 Å². The lowest BCUT2D eigenvalue weighted by Crippen LogP contribution is -2.43. The largest absolute Gasteiger partial charge is 0.337 e. The molecule has 2 N–H and O–H groups in total. The second kappa shape index (κ2) is 7.16. The van der Waals surface area contributed by atoms with Crippen LogP contribution in [0.2, 0.25) is 0 Å². The molecule has 0 saturated carbocycles. The zero-order valence-electron chi connectivity index (χ0n) is 11.5. The number of carbonyl (C=O) groups excluding carboxylic acids is 1. The molecular formula is C13H22N2OS2. The Bertz CT molecular complexity index is 392. The molecule has 0 saturated heterocycles. The zero-order chi connectivity index (χ0) is 13.7. The molecule has 2 atom stereocenters. The highest BCUT2D eigenvalue weighted by Gasteiger charge is 2.23. The predicted molar refractivity (Wildman–Crippen MR) is 81.2 cm³/mol. The van der Waals surface area contributed by atoms with E-state index in [9.17, 15) is 4.79 Å². The van der Waals surface area contributed by atoms with E-state index in [-0.39, 0.29) is 18.0 Å². The van der Waals surface area contributed by atoms with Crippen LogP contribution in [0.4, 0.5) is 0 Å². The molecule has 0 aliphatic carbocycles. The van der Waals surface area contributed by atoms with E-state index >= 15 is 0 Å². The lowest BCUT2D eigenvalue weighted by Gasteiger charge is -2.26. The predicted octanol–water partition coefficient (Wildman–Crippen LogP) is 2.66. The van der Waals surface area contributed by atoms with Crippen molar-refractivity contribution in [3.8, 4) is 0 Å². The number of aryl methyl sites for hydroxylation is 1. The molecule has 0 aliphatic heterocycles. The molecule has 0 radical (unpaired) electrons. The van der Waals surface area contributed by atoms with E-state index in [1.54, 1.807) is 28.0 Å². The van der Waals surface area contributed by atoms with Gasteiger partial charge in [0.05, 0.1) is 12.1 Å². The highest BCUT2D eigenvalue weighted by Crippen LogP contribution is 2.26. The first-order chi connectivity index (χ1) is 8.47. The van der Waals surface area contributed by atoms with Gasteiger partial charge in [-0.3, -0.25) is 4.79 Å². The van der Waals surface area contributed by atoms with Gasteiger partial charge in [-0.25, -0.2) is 0 Å². The number of nitrogens with zero attached hydrogens (tertiary/aromatic N) is 1. The fraction of sp³-hybridized carbons (Fsp3) is 0.615. The van der Waals surface area contributed by atoms with Gasteiger partial charge in [0.1, 0.15) is 0 Å². The summed E-state index contributed by atoms with van der Waals surface area (Å²) in [4.78, 5) is 16.4. The van der Waals surface area contributed by atoms with Crippen LogP contribution in [0, 0.1) is 6.92 Å². The molecule has 1 aromatic rings. The first-order valence-corrected chi connectivity index (χ1v) is 8.26. The lowest BCUT2D eigenvalue weighted by molar-refractivity contribution is -0.133. The van der Waals surface area contributed by atoms with Gasteiger partial charge in [0.25, 0.3) is 0 Å². The maximum atomic E-state index is 12.2. The fourth-order valence-electron chi connectivity index (χ4n) is 1.69. The summed E-state index contributed by atoms with van der Waals surface area (Å²) in [5.74, 6) is 0.954. The third-order valence-corrected chi connectivity index (χ3v) is 4.87. The average Bonchev–Trinajstić information content (AvgIpc) is 2.79. The normalized spacial score (nSPS) is 14.3. The van der Waals surface area contributed by atoms with Crippen molar-refractivity contribution >= 4 is 29.0 Å². The van der Waals surface area contributed by atoms with Gasteiger partial charge >= 0.3 is 0 Å². The van der Waals surface area contributed by atoms with E-state index in [0.717, 1.165) is 12.2 Å². The van der Waals surface area contributed by atoms with Crippen LogP contribution in [0.15, 0.2) is 12.1 Å². The van der Waals surface area contributed by atoms with Gasteiger partial charge in [0, 0.05) is 16.8 Å². The molecule has 1 rings (SSSR count). The van der Waals surface area contributed by atoms with Gasteiger partial charge in [-0.05, 0) is 44.4 Å². The molecule has 0 fully saturated rings. The van der Waals surface area contributed by atoms with Crippen molar-refractivity contribution in [2.45, 2.75) is 32.4 Å². The number of thioether (sulfide) groups is 1. The molecule has 5 heteroatoms. The Labute approximate surface area is 118 Å². The number of rotatable bonds is 6. The van der Waals surface area contributed by atoms with Crippen molar-refractivity contribution in [1.82, 2.24) is 4.90 Å². The lowest BCUT2D eigenvalue weighted by atomic mass is 10.1. The summed E-state index contributed by atoms with van der Waals surface area (Å²) in [5, 5.41) is 0. The molecule has 3 nitrogen and oxygen atoms in total. The van der Waals surface area contributed by atoms with Crippen molar-refractivity contribution in [3.05, 3.63) is 21.9 Å². The van der Waals surface area contributed by atoms with Gasteiger partial charge < -0.3 is 10.6 Å². The van der Waals surface area contributed by atoms with E-state index in [1.807, 2.05) is 20.2 Å². The van der Waals surface area contributed by atoms with Gasteiger partial charge in [-0.2, -0.15) is 11.8 Å². The number of carbonyl (C=O) groups is 1. The monoisotopic (exact) mass is 286 g/mol. The van der Waals surface area contributed by atoms with E-state index in [0.29, 0.717) is 0 Å². The molecule has 1 aromatic heterocycles. The minimum atomic E-state index is -0.383. The minimum absolute atomic E-state index is 0.0302. The Morgan fingerprint density at radius 3 is 2.72 bits per heavy atom. The maximum Gasteiger partial charge on any atom is 0.239 e. The van der Waals surface area contributed by atoms with E-state index in [1.165, 1.54) is 9.75 Å². The van der Waals surface area contributed by atoms with Crippen molar-refractivity contribution in [3.63, 3.8) is 0 Å². The average molecular weight is 286 g/mol. The minimum Gasteiger partial charge on any atom is -0.337 e.